The number of pyridine rings is 1. The van der Waals surface area contributed by atoms with E-state index in [-0.39, 0.29) is 12.1 Å². The van der Waals surface area contributed by atoms with Crippen LogP contribution in [0.5, 0.6) is 0 Å². The van der Waals surface area contributed by atoms with Gasteiger partial charge >= 0.3 is 0 Å². The van der Waals surface area contributed by atoms with Crippen molar-refractivity contribution in [1.82, 2.24) is 25.5 Å². The molecule has 5 heterocycles. The van der Waals surface area contributed by atoms with Crippen LogP contribution in [0.2, 0.25) is 0 Å². The first-order valence-corrected chi connectivity index (χ1v) is 9.67. The summed E-state index contributed by atoms with van der Waals surface area (Å²) in [6, 6.07) is 4.21. The molecular formula is C18H19FN6S. The Labute approximate surface area is 154 Å². The quantitative estimate of drug-likeness (QED) is 0.765. The molecule has 2 unspecified atom stereocenters. The highest BCUT2D eigenvalue weighted by molar-refractivity contribution is 7.22. The lowest BCUT2D eigenvalue weighted by Gasteiger charge is -2.38. The molecule has 1 N–H and O–H groups in total. The van der Waals surface area contributed by atoms with Gasteiger partial charge in [0.1, 0.15) is 11.9 Å². The molecule has 2 bridgehead atoms. The van der Waals surface area contributed by atoms with Gasteiger partial charge in [0, 0.05) is 31.5 Å². The van der Waals surface area contributed by atoms with Crippen molar-refractivity contribution in [3.8, 4) is 10.6 Å². The first kappa shape index (κ1) is 16.0. The minimum Gasteiger partial charge on any atom is -0.337 e. The summed E-state index contributed by atoms with van der Waals surface area (Å²) < 4.78 is 15.9. The van der Waals surface area contributed by atoms with Gasteiger partial charge in [-0.05, 0) is 36.8 Å². The Balaban J connectivity index is 1.39. The van der Waals surface area contributed by atoms with Gasteiger partial charge in [-0.25, -0.2) is 9.37 Å². The molecule has 2 aliphatic heterocycles. The van der Waals surface area contributed by atoms with E-state index in [1.54, 1.807) is 23.7 Å². The van der Waals surface area contributed by atoms with E-state index in [9.17, 15) is 4.39 Å². The van der Waals surface area contributed by atoms with Gasteiger partial charge < -0.3 is 10.2 Å². The highest BCUT2D eigenvalue weighted by atomic mass is 32.1. The molecular weight excluding hydrogens is 351 g/mol. The van der Waals surface area contributed by atoms with E-state index < -0.39 is 6.17 Å². The van der Waals surface area contributed by atoms with Crippen LogP contribution in [-0.2, 0) is 0 Å². The number of thiophene rings is 1. The van der Waals surface area contributed by atoms with E-state index in [4.69, 9.17) is 0 Å². The van der Waals surface area contributed by atoms with Crippen molar-refractivity contribution in [3.05, 3.63) is 30.7 Å². The molecule has 2 saturated heterocycles. The van der Waals surface area contributed by atoms with Crippen molar-refractivity contribution in [3.63, 3.8) is 0 Å². The average molecular weight is 370 g/mol. The summed E-state index contributed by atoms with van der Waals surface area (Å²) in [5, 5.41) is 13.1. The van der Waals surface area contributed by atoms with Crippen molar-refractivity contribution in [2.24, 2.45) is 0 Å². The van der Waals surface area contributed by atoms with Gasteiger partial charge in [0.15, 0.2) is 0 Å². The number of alkyl halides is 1. The fourth-order valence-corrected chi connectivity index (χ4v) is 5.03. The molecule has 26 heavy (non-hydrogen) atoms. The van der Waals surface area contributed by atoms with Crippen molar-refractivity contribution in [2.45, 2.75) is 43.6 Å². The van der Waals surface area contributed by atoms with Gasteiger partial charge in [-0.2, -0.15) is 0 Å². The van der Waals surface area contributed by atoms with Gasteiger partial charge in [0.2, 0.25) is 5.95 Å². The Morgan fingerprint density at radius 2 is 2.19 bits per heavy atom. The number of hydrogen-bond acceptors (Lipinski definition) is 7. The van der Waals surface area contributed by atoms with Crippen LogP contribution < -0.4 is 10.2 Å². The molecule has 0 spiro atoms. The lowest BCUT2D eigenvalue weighted by Crippen LogP contribution is -2.55. The van der Waals surface area contributed by atoms with Gasteiger partial charge in [0.05, 0.1) is 21.8 Å². The lowest BCUT2D eigenvalue weighted by atomic mass is 9.97. The Kier molecular flexibility index (Phi) is 3.82. The smallest absolute Gasteiger partial charge is 0.245 e. The summed E-state index contributed by atoms with van der Waals surface area (Å²) in [5.41, 5.74) is 0.727. The molecule has 2 fully saturated rings. The average Bonchev–Trinajstić information content (AvgIpc) is 3.29. The van der Waals surface area contributed by atoms with Crippen molar-refractivity contribution in [1.29, 1.82) is 0 Å². The molecule has 0 aromatic carbocycles. The molecule has 0 aliphatic carbocycles. The van der Waals surface area contributed by atoms with Gasteiger partial charge in [0.25, 0.3) is 0 Å². The molecule has 2 aliphatic rings. The summed E-state index contributed by atoms with van der Waals surface area (Å²) in [6.45, 7) is 0. The third-order valence-corrected chi connectivity index (χ3v) is 6.60. The Hall–Kier alpha value is -2.19. The number of piperidine rings is 1. The van der Waals surface area contributed by atoms with Crippen molar-refractivity contribution >= 4 is 27.4 Å². The second kappa shape index (κ2) is 6.21. The molecule has 8 heteroatoms. The molecule has 0 saturated carbocycles. The summed E-state index contributed by atoms with van der Waals surface area (Å²) in [6.07, 6.45) is 7.18. The van der Waals surface area contributed by atoms with Crippen LogP contribution in [0, 0.1) is 0 Å². The third kappa shape index (κ3) is 2.64. The zero-order valence-electron chi connectivity index (χ0n) is 14.3. The van der Waals surface area contributed by atoms with E-state index in [1.165, 1.54) is 0 Å². The largest absolute Gasteiger partial charge is 0.337 e. The van der Waals surface area contributed by atoms with Gasteiger partial charge in [-0.1, -0.05) is 0 Å². The normalized spacial score (nSPS) is 27.8. The molecule has 6 nitrogen and oxygen atoms in total. The lowest BCUT2D eigenvalue weighted by molar-refractivity contribution is 0.175. The van der Waals surface area contributed by atoms with E-state index in [0.29, 0.717) is 12.0 Å². The Morgan fingerprint density at radius 1 is 1.27 bits per heavy atom. The number of nitrogens with one attached hydrogen (secondary N) is 1. The molecule has 3 aromatic rings. The van der Waals surface area contributed by atoms with Crippen LogP contribution in [0.15, 0.2) is 30.7 Å². The number of aromatic nitrogens is 4. The van der Waals surface area contributed by atoms with Crippen molar-refractivity contribution < 1.29 is 4.39 Å². The number of halogens is 1. The van der Waals surface area contributed by atoms with Crippen LogP contribution in [0.3, 0.4) is 0 Å². The van der Waals surface area contributed by atoms with Crippen LogP contribution in [0.1, 0.15) is 19.3 Å². The minimum absolute atomic E-state index is 0.0411. The fraction of sp³-hybridized carbons (Fsp3) is 0.444. The number of nitrogens with zero attached hydrogens (tertiary/aromatic N) is 5. The number of anilines is 1. The SMILES string of the molecule is CN(c1ncc(-c2cc3ccncc3s2)nn1)[C@@H]1CC2CCC(N2)[C@@H]1F. The number of hydrogen-bond donors (Lipinski definition) is 1. The maximum Gasteiger partial charge on any atom is 0.245 e. The topological polar surface area (TPSA) is 66.8 Å². The monoisotopic (exact) mass is 370 g/mol. The summed E-state index contributed by atoms with van der Waals surface area (Å²) in [5.74, 6) is 0.477. The molecule has 4 atom stereocenters. The van der Waals surface area contributed by atoms with Crippen LogP contribution >= 0.6 is 11.3 Å². The van der Waals surface area contributed by atoms with Gasteiger partial charge in [-0.3, -0.25) is 4.98 Å². The maximum atomic E-state index is 14.8. The molecule has 5 rings (SSSR count). The van der Waals surface area contributed by atoms with E-state index >= 15 is 0 Å². The first-order valence-electron chi connectivity index (χ1n) is 8.85. The predicted octanol–water partition coefficient (Wildman–Crippen LogP) is 2.82. The van der Waals surface area contributed by atoms with Gasteiger partial charge in [-0.15, -0.1) is 21.5 Å². The zero-order chi connectivity index (χ0) is 17.7. The Morgan fingerprint density at radius 3 is 3.00 bits per heavy atom. The molecule has 0 radical (unpaired) electrons. The van der Waals surface area contributed by atoms with Crippen LogP contribution in [-0.4, -0.2) is 51.5 Å². The predicted molar refractivity (Wildman–Crippen MR) is 100 cm³/mol. The molecule has 0 amide bonds. The summed E-state index contributed by atoms with van der Waals surface area (Å²) in [4.78, 5) is 11.5. The Bertz CT molecular complexity index is 896. The number of rotatable bonds is 3. The van der Waals surface area contributed by atoms with E-state index in [1.807, 2.05) is 24.2 Å². The maximum absolute atomic E-state index is 14.8. The minimum atomic E-state index is -0.905. The summed E-state index contributed by atoms with van der Waals surface area (Å²) in [7, 11) is 1.86. The van der Waals surface area contributed by atoms with E-state index in [2.05, 4.69) is 31.5 Å². The first-order chi connectivity index (χ1) is 12.7. The van der Waals surface area contributed by atoms with Crippen LogP contribution in [0.4, 0.5) is 10.3 Å². The second-order valence-corrected chi connectivity index (χ2v) is 8.16. The summed E-state index contributed by atoms with van der Waals surface area (Å²) >= 11 is 1.62. The number of fused-ring (bicyclic) bond motifs is 3. The molecule has 134 valence electrons. The zero-order valence-corrected chi connectivity index (χ0v) is 15.2. The second-order valence-electron chi connectivity index (χ2n) is 7.07. The van der Waals surface area contributed by atoms with E-state index in [0.717, 1.165) is 39.9 Å². The highest BCUT2D eigenvalue weighted by Gasteiger charge is 2.44. The van der Waals surface area contributed by atoms with Crippen LogP contribution in [0.25, 0.3) is 20.7 Å². The standard InChI is InChI=1S/C18H19FN6S/c1-25(14-7-11-2-3-12(22-11)17(14)19)18-21-8-13(23-24-18)15-6-10-4-5-20-9-16(10)26-15/h4-6,8-9,11-12,14,17,22H,2-3,7H2,1H3/t11?,12?,14-,17+/m1/s1. The molecule has 3 aromatic heterocycles. The highest BCUT2D eigenvalue weighted by Crippen LogP contribution is 2.34. The third-order valence-electron chi connectivity index (χ3n) is 5.49. The fourth-order valence-electron chi connectivity index (χ4n) is 4.05. The van der Waals surface area contributed by atoms with Crippen molar-refractivity contribution in [2.75, 3.05) is 11.9 Å².